The average Bonchev–Trinajstić information content (AvgIpc) is 2.92. The minimum Gasteiger partial charge on any atom is -0.328 e. The van der Waals surface area contributed by atoms with Gasteiger partial charge in [-0.25, -0.2) is 4.98 Å². The van der Waals surface area contributed by atoms with E-state index < -0.39 is 0 Å². The third kappa shape index (κ3) is 2.69. The molecule has 1 aromatic carbocycles. The first kappa shape index (κ1) is 12.4. The lowest BCUT2D eigenvalue weighted by Crippen LogP contribution is -2.17. The molecule has 0 fully saturated rings. The molecule has 4 heteroatoms. The number of imidazole rings is 1. The third-order valence-electron chi connectivity index (χ3n) is 3.09. The zero-order valence-corrected chi connectivity index (χ0v) is 11.7. The summed E-state index contributed by atoms with van der Waals surface area (Å²) in [5, 5.41) is 2.19. The van der Waals surface area contributed by atoms with Crippen molar-refractivity contribution >= 4 is 16.3 Å². The van der Waals surface area contributed by atoms with Crippen LogP contribution in [0.4, 0.5) is 0 Å². The average molecular weight is 271 g/mol. The Labute approximate surface area is 116 Å². The van der Waals surface area contributed by atoms with E-state index >= 15 is 0 Å². The second-order valence-electron chi connectivity index (χ2n) is 4.96. The Balaban J connectivity index is 1.89. The van der Waals surface area contributed by atoms with Gasteiger partial charge in [0.05, 0.1) is 5.69 Å². The van der Waals surface area contributed by atoms with Gasteiger partial charge in [0.1, 0.15) is 0 Å². The third-order valence-corrected chi connectivity index (χ3v) is 3.98. The second kappa shape index (κ2) is 5.15. The Kier molecular flexibility index (Phi) is 3.36. The lowest BCUT2D eigenvalue weighted by Gasteiger charge is -2.01. The SMILES string of the molecule is CC(N)Cc1cn2c(Cc3ccccc3)csc2n1. The molecule has 19 heavy (non-hydrogen) atoms. The topological polar surface area (TPSA) is 43.3 Å². The zero-order chi connectivity index (χ0) is 13.2. The first-order chi connectivity index (χ1) is 9.22. The highest BCUT2D eigenvalue weighted by Gasteiger charge is 2.09. The predicted molar refractivity (Wildman–Crippen MR) is 79.7 cm³/mol. The molecular formula is C15H17N3S. The van der Waals surface area contributed by atoms with Crippen LogP contribution in [0.15, 0.2) is 41.9 Å². The van der Waals surface area contributed by atoms with Crippen LogP contribution in [0, 0.1) is 0 Å². The van der Waals surface area contributed by atoms with E-state index in [9.17, 15) is 0 Å². The maximum absolute atomic E-state index is 5.83. The van der Waals surface area contributed by atoms with E-state index in [4.69, 9.17) is 5.73 Å². The van der Waals surface area contributed by atoms with Gasteiger partial charge in [0, 0.05) is 36.2 Å². The highest BCUT2D eigenvalue weighted by molar-refractivity contribution is 7.15. The Bertz CT molecular complexity index is 667. The molecule has 98 valence electrons. The summed E-state index contributed by atoms with van der Waals surface area (Å²) in [5.74, 6) is 0. The number of hydrogen-bond acceptors (Lipinski definition) is 3. The van der Waals surface area contributed by atoms with Gasteiger partial charge in [0.25, 0.3) is 0 Å². The van der Waals surface area contributed by atoms with E-state index in [-0.39, 0.29) is 6.04 Å². The Morgan fingerprint density at radius 2 is 2.11 bits per heavy atom. The predicted octanol–water partition coefficient (Wildman–Crippen LogP) is 2.88. The van der Waals surface area contributed by atoms with E-state index in [1.807, 2.05) is 13.0 Å². The minimum atomic E-state index is 0.155. The number of aromatic nitrogens is 2. The molecule has 3 nitrogen and oxygen atoms in total. The van der Waals surface area contributed by atoms with Crippen LogP contribution in [-0.2, 0) is 12.8 Å². The van der Waals surface area contributed by atoms with Crippen molar-refractivity contribution in [1.29, 1.82) is 0 Å². The van der Waals surface area contributed by atoms with Gasteiger partial charge in [-0.15, -0.1) is 11.3 Å². The fourth-order valence-corrected chi connectivity index (χ4v) is 3.13. The van der Waals surface area contributed by atoms with Crippen molar-refractivity contribution in [1.82, 2.24) is 9.38 Å². The Morgan fingerprint density at radius 3 is 2.84 bits per heavy atom. The zero-order valence-electron chi connectivity index (χ0n) is 10.9. The summed E-state index contributed by atoms with van der Waals surface area (Å²) in [6, 6.07) is 10.7. The van der Waals surface area contributed by atoms with Crippen LogP contribution in [0.2, 0.25) is 0 Å². The van der Waals surface area contributed by atoms with Crippen LogP contribution in [-0.4, -0.2) is 15.4 Å². The van der Waals surface area contributed by atoms with E-state index in [2.05, 4.69) is 45.2 Å². The van der Waals surface area contributed by atoms with Crippen molar-refractivity contribution in [3.63, 3.8) is 0 Å². The van der Waals surface area contributed by atoms with Gasteiger partial charge in [-0.3, -0.25) is 4.40 Å². The molecular weight excluding hydrogens is 254 g/mol. The van der Waals surface area contributed by atoms with Gasteiger partial charge < -0.3 is 5.73 Å². The van der Waals surface area contributed by atoms with Crippen LogP contribution in [0.25, 0.3) is 4.96 Å². The molecule has 3 rings (SSSR count). The largest absolute Gasteiger partial charge is 0.328 e. The maximum Gasteiger partial charge on any atom is 0.194 e. The first-order valence-corrected chi connectivity index (χ1v) is 7.34. The molecule has 0 aliphatic heterocycles. The molecule has 2 N–H and O–H groups in total. The van der Waals surface area contributed by atoms with Crippen LogP contribution in [0.1, 0.15) is 23.9 Å². The van der Waals surface area contributed by atoms with Crippen LogP contribution < -0.4 is 5.73 Å². The summed E-state index contributed by atoms with van der Waals surface area (Å²) in [4.78, 5) is 5.67. The molecule has 0 saturated heterocycles. The van der Waals surface area contributed by atoms with Gasteiger partial charge in [0.2, 0.25) is 0 Å². The van der Waals surface area contributed by atoms with Crippen molar-refractivity contribution in [2.75, 3.05) is 0 Å². The lowest BCUT2D eigenvalue weighted by atomic mass is 10.1. The molecule has 2 heterocycles. The number of nitrogens with two attached hydrogens (primary N) is 1. The summed E-state index contributed by atoms with van der Waals surface area (Å²) in [7, 11) is 0. The fraction of sp³-hybridized carbons (Fsp3) is 0.267. The van der Waals surface area contributed by atoms with Crippen molar-refractivity contribution in [2.45, 2.75) is 25.8 Å². The van der Waals surface area contributed by atoms with Gasteiger partial charge in [-0.05, 0) is 12.5 Å². The van der Waals surface area contributed by atoms with Crippen molar-refractivity contribution < 1.29 is 0 Å². The lowest BCUT2D eigenvalue weighted by molar-refractivity contribution is 0.726. The highest BCUT2D eigenvalue weighted by atomic mass is 32.1. The van der Waals surface area contributed by atoms with Crippen molar-refractivity contribution in [3.05, 3.63) is 58.9 Å². The molecule has 0 spiro atoms. The highest BCUT2D eigenvalue weighted by Crippen LogP contribution is 2.20. The molecule has 0 radical (unpaired) electrons. The summed E-state index contributed by atoms with van der Waals surface area (Å²) < 4.78 is 2.19. The number of benzene rings is 1. The van der Waals surface area contributed by atoms with Gasteiger partial charge in [-0.1, -0.05) is 30.3 Å². The van der Waals surface area contributed by atoms with E-state index in [1.165, 1.54) is 11.3 Å². The van der Waals surface area contributed by atoms with Crippen molar-refractivity contribution in [2.24, 2.45) is 5.73 Å². The quantitative estimate of drug-likeness (QED) is 0.793. The van der Waals surface area contributed by atoms with Crippen LogP contribution in [0.3, 0.4) is 0 Å². The van der Waals surface area contributed by atoms with E-state index in [1.54, 1.807) is 11.3 Å². The maximum atomic E-state index is 5.83. The molecule has 1 unspecified atom stereocenters. The molecule has 0 amide bonds. The summed E-state index contributed by atoms with van der Waals surface area (Å²) >= 11 is 1.69. The normalized spacial score (nSPS) is 12.9. The number of fused-ring (bicyclic) bond motifs is 1. The monoisotopic (exact) mass is 271 g/mol. The van der Waals surface area contributed by atoms with Gasteiger partial charge in [0.15, 0.2) is 4.96 Å². The molecule has 0 bridgehead atoms. The summed E-state index contributed by atoms with van der Waals surface area (Å²) in [6.07, 6.45) is 3.89. The smallest absolute Gasteiger partial charge is 0.194 e. The standard InChI is InChI=1S/C15H17N3S/c1-11(16)7-13-9-18-14(10-19-15(18)17-13)8-12-5-3-2-4-6-12/h2-6,9-11H,7-8,16H2,1H3. The molecule has 1 atom stereocenters. The number of thiazole rings is 1. The number of nitrogens with zero attached hydrogens (tertiary/aromatic N) is 2. The molecule has 0 aliphatic rings. The van der Waals surface area contributed by atoms with Crippen molar-refractivity contribution in [3.8, 4) is 0 Å². The van der Waals surface area contributed by atoms with E-state index in [0.29, 0.717) is 0 Å². The minimum absolute atomic E-state index is 0.155. The number of rotatable bonds is 4. The molecule has 0 aliphatic carbocycles. The van der Waals surface area contributed by atoms with Gasteiger partial charge in [-0.2, -0.15) is 0 Å². The molecule has 2 aromatic heterocycles. The summed E-state index contributed by atoms with van der Waals surface area (Å²) in [5.41, 5.74) is 9.52. The molecule has 3 aromatic rings. The number of hydrogen-bond donors (Lipinski definition) is 1. The fourth-order valence-electron chi connectivity index (χ4n) is 2.24. The Hall–Kier alpha value is -1.65. The summed E-state index contributed by atoms with van der Waals surface area (Å²) in [6.45, 7) is 2.01. The second-order valence-corrected chi connectivity index (χ2v) is 5.79. The van der Waals surface area contributed by atoms with Crippen LogP contribution in [0.5, 0.6) is 0 Å². The Morgan fingerprint density at radius 1 is 1.32 bits per heavy atom. The van der Waals surface area contributed by atoms with E-state index in [0.717, 1.165) is 23.5 Å². The van der Waals surface area contributed by atoms with Gasteiger partial charge >= 0.3 is 0 Å². The molecule has 0 saturated carbocycles. The first-order valence-electron chi connectivity index (χ1n) is 6.46. The van der Waals surface area contributed by atoms with Crippen LogP contribution >= 0.6 is 11.3 Å².